The lowest BCUT2D eigenvalue weighted by atomic mass is 9.91. The van der Waals surface area contributed by atoms with Crippen molar-refractivity contribution < 1.29 is 102 Å². The van der Waals surface area contributed by atoms with Crippen LogP contribution in [0.2, 0.25) is 0 Å². The largest absolute Gasteiger partial charge is 0.497 e. The molecule has 34 heteroatoms. The zero-order valence-electron chi connectivity index (χ0n) is 53.2. The summed E-state index contributed by atoms with van der Waals surface area (Å²) in [5, 5.41) is 85.0. The molecular weight excluding hydrogens is 1250 g/mol. The van der Waals surface area contributed by atoms with E-state index in [2.05, 4.69) is 52.5 Å². The van der Waals surface area contributed by atoms with Crippen LogP contribution < -0.4 is 57.7 Å². The highest BCUT2D eigenvalue weighted by Crippen LogP contribution is 2.33. The third-order valence-electron chi connectivity index (χ3n) is 16.8. The zero-order chi connectivity index (χ0) is 70.0. The van der Waals surface area contributed by atoms with E-state index < -0.39 is 200 Å². The van der Waals surface area contributed by atoms with E-state index in [1.165, 1.54) is 40.3 Å². The molecule has 95 heavy (non-hydrogen) atoms. The first-order valence-corrected chi connectivity index (χ1v) is 30.4. The smallest absolute Gasteiger partial charge is 0.331 e. The summed E-state index contributed by atoms with van der Waals surface area (Å²) in [4.78, 5) is 177. The van der Waals surface area contributed by atoms with E-state index in [-0.39, 0.29) is 24.9 Å². The number of methoxy groups -OCH3 is 2. The fourth-order valence-electron chi connectivity index (χ4n) is 11.2. The molecule has 4 aromatic rings. The van der Waals surface area contributed by atoms with Crippen molar-refractivity contribution in [2.45, 2.75) is 152 Å². The molecule has 7 rings (SSSR count). The van der Waals surface area contributed by atoms with Crippen LogP contribution >= 0.6 is 0 Å². The molecule has 0 bridgehead atoms. The van der Waals surface area contributed by atoms with Gasteiger partial charge in [-0.1, -0.05) is 20.8 Å². The fraction of sp³-hybridized carbons (Fsp3) is 0.508. The van der Waals surface area contributed by atoms with Crippen molar-refractivity contribution in [3.8, 4) is 11.5 Å². The second-order valence-corrected chi connectivity index (χ2v) is 23.8. The molecular formula is C61H81N13O21. The first-order chi connectivity index (χ1) is 44.9. The normalized spacial score (nSPS) is 26.3. The maximum absolute atomic E-state index is 15.5. The molecule has 2 aromatic heterocycles. The number of amides is 10. The van der Waals surface area contributed by atoms with Gasteiger partial charge in [-0.05, 0) is 87.6 Å². The number of H-pyrrole nitrogens is 2. The van der Waals surface area contributed by atoms with Crippen molar-refractivity contribution in [3.05, 3.63) is 65.6 Å². The van der Waals surface area contributed by atoms with Gasteiger partial charge in [-0.3, -0.25) is 52.7 Å². The Kier molecular flexibility index (Phi) is 24.1. The number of carbonyl (C=O) groups is 12. The maximum atomic E-state index is 15.5. The number of carboxylic acids is 1. The summed E-state index contributed by atoms with van der Waals surface area (Å²) in [7, 11) is 2.86. The van der Waals surface area contributed by atoms with E-state index >= 15 is 14.4 Å². The van der Waals surface area contributed by atoms with Crippen molar-refractivity contribution in [1.82, 2.24) is 62.3 Å². The molecule has 3 aliphatic rings. The molecule has 15 atom stereocenters. The number of nitrogens with one attached hydrogen (secondary N) is 10. The number of ether oxygens (including phenoxy) is 3. The Bertz CT molecular complexity index is 3610. The van der Waals surface area contributed by atoms with Gasteiger partial charge in [0.2, 0.25) is 53.2 Å². The van der Waals surface area contributed by atoms with E-state index in [1.807, 2.05) is 0 Å². The number of aliphatic hydroxyl groups excluding tert-OH is 5. The van der Waals surface area contributed by atoms with Gasteiger partial charge >= 0.3 is 11.9 Å². The van der Waals surface area contributed by atoms with Crippen LogP contribution in [-0.4, -0.2) is 247 Å². The Labute approximate surface area is 542 Å². The lowest BCUT2D eigenvalue weighted by Crippen LogP contribution is -2.64. The first-order valence-electron chi connectivity index (χ1n) is 30.4. The number of aromatic nitrogens is 2. The summed E-state index contributed by atoms with van der Waals surface area (Å²) in [5.74, 6) is -16.1. The molecule has 34 nitrogen and oxygen atoms in total. The summed E-state index contributed by atoms with van der Waals surface area (Å²) in [5.41, 5.74) is 6.67. The monoisotopic (exact) mass is 1330 g/mol. The van der Waals surface area contributed by atoms with Gasteiger partial charge in [0, 0.05) is 58.8 Å². The molecule has 15 unspecified atom stereocenters. The number of hydrogen-bond donors (Lipinski definition) is 17. The Balaban J connectivity index is 1.34. The number of carbonyl (C=O) groups excluding carboxylic acids is 11. The van der Waals surface area contributed by atoms with E-state index in [9.17, 15) is 73.8 Å². The number of aromatic amines is 2. The lowest BCUT2D eigenvalue weighted by molar-refractivity contribution is -0.164. The quantitative estimate of drug-likeness (QED) is 0.0392. The minimum Gasteiger partial charge on any atom is -0.497 e. The molecule has 0 spiro atoms. The molecule has 10 amide bonds. The van der Waals surface area contributed by atoms with Crippen LogP contribution in [0.25, 0.3) is 27.9 Å². The van der Waals surface area contributed by atoms with E-state index in [0.717, 1.165) is 30.6 Å². The molecule has 3 aliphatic heterocycles. The molecule has 3 saturated heterocycles. The predicted octanol–water partition coefficient (Wildman–Crippen LogP) is -4.97. The zero-order valence-corrected chi connectivity index (χ0v) is 53.2. The lowest BCUT2D eigenvalue weighted by Gasteiger charge is -2.35. The second kappa shape index (κ2) is 31.5. The van der Waals surface area contributed by atoms with Crippen LogP contribution in [0.4, 0.5) is 0 Å². The van der Waals surface area contributed by atoms with E-state index in [4.69, 9.17) is 19.9 Å². The summed E-state index contributed by atoms with van der Waals surface area (Å²) >= 11 is 0. The number of hydrogen-bond acceptors (Lipinski definition) is 21. The minimum atomic E-state index is -2.20. The van der Waals surface area contributed by atoms with Gasteiger partial charge in [0.05, 0.1) is 58.2 Å². The number of rotatable bonds is 15. The predicted molar refractivity (Wildman–Crippen MR) is 332 cm³/mol. The van der Waals surface area contributed by atoms with Gasteiger partial charge in [0.15, 0.2) is 6.04 Å². The number of nitrogens with two attached hydrogens (primary N) is 1. The van der Waals surface area contributed by atoms with Crippen molar-refractivity contribution in [3.63, 3.8) is 0 Å². The number of aliphatic hydroxyl groups is 5. The van der Waals surface area contributed by atoms with Crippen LogP contribution in [-0.2, 0) is 62.3 Å². The average Bonchev–Trinajstić information content (AvgIpc) is 1.72. The summed E-state index contributed by atoms with van der Waals surface area (Å²) in [6.07, 6.45) is -6.01. The number of cyclic esters (lactones) is 1. The highest BCUT2D eigenvalue weighted by Gasteiger charge is 2.49. The molecule has 18 N–H and O–H groups in total. The van der Waals surface area contributed by atoms with Crippen LogP contribution in [0.1, 0.15) is 77.8 Å². The number of aliphatic carboxylic acids is 1. The van der Waals surface area contributed by atoms with Crippen molar-refractivity contribution in [2.75, 3.05) is 40.5 Å². The minimum absolute atomic E-state index is 0.176. The Morgan fingerprint density at radius 1 is 0.747 bits per heavy atom. The average molecular weight is 1330 g/mol. The number of nitrogens with zero attached hydrogens (tertiary/aromatic N) is 2. The van der Waals surface area contributed by atoms with Crippen LogP contribution in [0, 0.1) is 5.92 Å². The molecule has 3 fully saturated rings. The van der Waals surface area contributed by atoms with Crippen molar-refractivity contribution in [2.24, 2.45) is 11.7 Å². The van der Waals surface area contributed by atoms with Gasteiger partial charge in [0.1, 0.15) is 71.6 Å². The molecule has 0 radical (unpaired) electrons. The van der Waals surface area contributed by atoms with Gasteiger partial charge in [-0.25, -0.2) is 4.79 Å². The van der Waals surface area contributed by atoms with Crippen molar-refractivity contribution >= 4 is 98.9 Å². The topological polar surface area (TPSA) is 514 Å². The number of esters is 1. The third-order valence-corrected chi connectivity index (χ3v) is 16.8. The second-order valence-electron chi connectivity index (χ2n) is 23.8. The standard InChI is InChI=1S/C61H81N13O21/c1-25(2)51(81)48-59(89)74-16-14-42(78)50(74)61(92)95-29(6)47(71-54(84)40(24-75)67-43(79)20-36(62)60(90)91)57(87)70-46(28(5)76)56(86)66-27(4)52(82)65-23-44(80)73-15-13-41(77)49(73)58(88)68-39(17-30-21-63-37-11-9-31(93-7)18-33(30)37)53(83)69-45(55(85)72-48)26(3)35-22-64-38-12-10-32(94-8)19-34(35)38/h9-12,17-19,21-22,25-29,36,40-42,45-51,63-64,75-78,81H,13-16,20,23-24,62H2,1-8H3,(H,65,82)(H,66,86)(H,67,79)(H,68,88)(H,69,83)(H,70,87)(H,71,84)(H,72,85)(H,90,91)/b39-17+. The summed E-state index contributed by atoms with van der Waals surface area (Å²) in [6, 6.07) is -7.10. The van der Waals surface area contributed by atoms with E-state index in [1.54, 1.807) is 49.5 Å². The van der Waals surface area contributed by atoms with E-state index in [0.29, 0.717) is 38.9 Å². The first kappa shape index (κ1) is 72.7. The van der Waals surface area contributed by atoms with Crippen LogP contribution in [0.5, 0.6) is 11.5 Å². The molecule has 5 heterocycles. The van der Waals surface area contributed by atoms with Gasteiger partial charge in [0.25, 0.3) is 5.91 Å². The fourth-order valence-corrected chi connectivity index (χ4v) is 11.2. The number of carboxylic acid groups (broad SMARTS) is 1. The summed E-state index contributed by atoms with van der Waals surface area (Å²) in [6.45, 7) is 4.99. The maximum Gasteiger partial charge on any atom is 0.331 e. The number of fused-ring (bicyclic) bond motifs is 4. The van der Waals surface area contributed by atoms with Gasteiger partial charge in [-0.15, -0.1) is 0 Å². The third kappa shape index (κ3) is 17.0. The molecule has 0 aliphatic carbocycles. The van der Waals surface area contributed by atoms with Gasteiger partial charge in [-0.2, -0.15) is 0 Å². The summed E-state index contributed by atoms with van der Waals surface area (Å²) < 4.78 is 16.7. The van der Waals surface area contributed by atoms with Crippen molar-refractivity contribution in [1.29, 1.82) is 0 Å². The Hall–Kier alpha value is -9.74. The SMILES string of the molecule is COc1ccc2[nH]cc(/C=C3/NC(=O)C4C(O)CCN4C(=O)CNC(=O)C(C)NC(=O)C(C(C)O)NC(=O)C(NC(=O)C(CO)NC(=O)CC(N)C(=O)O)C(C)OC(=O)C4C(O)CCN4C(=O)C(C(O)C(C)C)NC(=O)C(C(C)c4c[nH]c5ccc(OC)cc45)NC3=O)c2c1. The van der Waals surface area contributed by atoms with Crippen LogP contribution in [0.15, 0.2) is 54.5 Å². The highest BCUT2D eigenvalue weighted by molar-refractivity contribution is 6.07. The molecule has 2 aromatic carbocycles. The Morgan fingerprint density at radius 2 is 1.34 bits per heavy atom. The molecule has 516 valence electrons. The van der Waals surface area contributed by atoms with Crippen LogP contribution in [0.3, 0.4) is 0 Å². The molecule has 0 saturated carbocycles. The van der Waals surface area contributed by atoms with Gasteiger partial charge < -0.3 is 113 Å². The number of benzene rings is 2. The Morgan fingerprint density at radius 3 is 1.95 bits per heavy atom. The highest BCUT2D eigenvalue weighted by atomic mass is 16.5.